The molecule has 0 aromatic carbocycles. The molecule has 1 spiro atoms. The molecule has 0 amide bonds. The Balaban J connectivity index is 2.07. The van der Waals surface area contributed by atoms with E-state index in [9.17, 15) is 0 Å². The zero-order valence-corrected chi connectivity index (χ0v) is 13.2. The molecule has 0 radical (unpaired) electrons. The minimum Gasteiger partial charge on any atom is -0.383 e. The van der Waals surface area contributed by atoms with Gasteiger partial charge in [-0.3, -0.25) is 4.90 Å². The van der Waals surface area contributed by atoms with Gasteiger partial charge in [-0.05, 0) is 25.7 Å². The van der Waals surface area contributed by atoms with Crippen LogP contribution in [-0.4, -0.2) is 49.3 Å². The molecule has 3 heteroatoms. The van der Waals surface area contributed by atoms with Crippen LogP contribution in [0, 0.1) is 5.92 Å². The lowest BCUT2D eigenvalue weighted by Crippen LogP contribution is -2.67. The minimum atomic E-state index is 0.394. The molecule has 0 aromatic rings. The highest BCUT2D eigenvalue weighted by molar-refractivity contribution is 5.01. The van der Waals surface area contributed by atoms with Gasteiger partial charge in [-0.15, -0.1) is 0 Å². The Hall–Kier alpha value is -0.120. The third-order valence-corrected chi connectivity index (χ3v) is 5.15. The van der Waals surface area contributed by atoms with Crippen molar-refractivity contribution in [1.82, 2.24) is 10.2 Å². The van der Waals surface area contributed by atoms with Gasteiger partial charge in [-0.2, -0.15) is 0 Å². The summed E-state index contributed by atoms with van der Waals surface area (Å²) in [5.41, 5.74) is 0.394. The molecule has 2 aliphatic rings. The number of hydrogen-bond donors (Lipinski definition) is 1. The second-order valence-electron chi connectivity index (χ2n) is 7.01. The molecule has 19 heavy (non-hydrogen) atoms. The summed E-state index contributed by atoms with van der Waals surface area (Å²) in [6, 6.07) is 1.18. The summed E-state index contributed by atoms with van der Waals surface area (Å²) in [7, 11) is 1.82. The van der Waals surface area contributed by atoms with E-state index in [0.717, 1.165) is 13.2 Å². The summed E-state index contributed by atoms with van der Waals surface area (Å²) in [5.74, 6) is 0.702. The first kappa shape index (κ1) is 15.3. The molecule has 2 rings (SSSR count). The van der Waals surface area contributed by atoms with E-state index < -0.39 is 0 Å². The van der Waals surface area contributed by atoms with Crippen molar-refractivity contribution in [2.24, 2.45) is 5.92 Å². The van der Waals surface area contributed by atoms with E-state index in [1.807, 2.05) is 7.11 Å². The van der Waals surface area contributed by atoms with E-state index in [-0.39, 0.29) is 0 Å². The maximum Gasteiger partial charge on any atom is 0.0615 e. The summed E-state index contributed by atoms with van der Waals surface area (Å²) in [4.78, 5) is 2.72. The van der Waals surface area contributed by atoms with Crippen molar-refractivity contribution >= 4 is 0 Å². The highest BCUT2D eigenvalue weighted by Gasteiger charge is 2.41. The van der Waals surface area contributed by atoms with Crippen molar-refractivity contribution in [3.8, 4) is 0 Å². The quantitative estimate of drug-likeness (QED) is 0.848. The third-order valence-electron chi connectivity index (χ3n) is 5.15. The highest BCUT2D eigenvalue weighted by atomic mass is 16.5. The zero-order valence-electron chi connectivity index (χ0n) is 13.2. The monoisotopic (exact) mass is 268 g/mol. The molecular formula is C16H32N2O. The van der Waals surface area contributed by atoms with Crippen molar-refractivity contribution in [2.75, 3.05) is 26.8 Å². The lowest BCUT2D eigenvalue weighted by Gasteiger charge is -2.52. The van der Waals surface area contributed by atoms with Crippen molar-refractivity contribution in [3.05, 3.63) is 0 Å². The van der Waals surface area contributed by atoms with Gasteiger partial charge in [-0.1, -0.05) is 33.1 Å². The van der Waals surface area contributed by atoms with Crippen LogP contribution in [0.4, 0.5) is 0 Å². The van der Waals surface area contributed by atoms with E-state index in [1.165, 1.54) is 38.6 Å². The number of rotatable bonds is 4. The number of nitrogens with one attached hydrogen (secondary N) is 1. The Bertz CT molecular complexity index is 274. The van der Waals surface area contributed by atoms with E-state index in [0.29, 0.717) is 23.5 Å². The van der Waals surface area contributed by atoms with Crippen LogP contribution >= 0.6 is 0 Å². The molecule has 3 nitrogen and oxygen atoms in total. The van der Waals surface area contributed by atoms with E-state index in [1.54, 1.807) is 0 Å². The van der Waals surface area contributed by atoms with Crippen molar-refractivity contribution < 1.29 is 4.74 Å². The SMILES string of the molecule is COCC(C)N1CC2(CCCCC2)NCC1C(C)C. The molecule has 1 aliphatic carbocycles. The molecule has 2 atom stereocenters. The molecule has 1 saturated carbocycles. The fourth-order valence-corrected chi connectivity index (χ4v) is 3.96. The first-order chi connectivity index (χ1) is 9.08. The molecule has 2 fully saturated rings. The van der Waals surface area contributed by atoms with Gasteiger partial charge >= 0.3 is 0 Å². The summed E-state index contributed by atoms with van der Waals surface area (Å²) in [6.07, 6.45) is 6.92. The average molecular weight is 268 g/mol. The van der Waals surface area contributed by atoms with Gasteiger partial charge in [0.05, 0.1) is 6.61 Å². The van der Waals surface area contributed by atoms with Crippen molar-refractivity contribution in [1.29, 1.82) is 0 Å². The van der Waals surface area contributed by atoms with Gasteiger partial charge < -0.3 is 10.1 Å². The largest absolute Gasteiger partial charge is 0.383 e. The number of hydrogen-bond acceptors (Lipinski definition) is 3. The van der Waals surface area contributed by atoms with Crippen LogP contribution in [0.15, 0.2) is 0 Å². The molecule has 1 saturated heterocycles. The molecule has 112 valence electrons. The lowest BCUT2D eigenvalue weighted by molar-refractivity contribution is -0.0118. The zero-order chi connectivity index (χ0) is 13.9. The fraction of sp³-hybridized carbons (Fsp3) is 1.00. The lowest BCUT2D eigenvalue weighted by atomic mass is 9.78. The highest BCUT2D eigenvalue weighted by Crippen LogP contribution is 2.33. The van der Waals surface area contributed by atoms with Crippen LogP contribution < -0.4 is 5.32 Å². The van der Waals surface area contributed by atoms with Crippen LogP contribution in [0.1, 0.15) is 52.9 Å². The van der Waals surface area contributed by atoms with Crippen LogP contribution in [0.25, 0.3) is 0 Å². The van der Waals surface area contributed by atoms with Gasteiger partial charge in [0.25, 0.3) is 0 Å². The number of methoxy groups -OCH3 is 1. The third kappa shape index (κ3) is 3.50. The number of nitrogens with zero attached hydrogens (tertiary/aromatic N) is 1. The summed E-state index contributed by atoms with van der Waals surface area (Å²) >= 11 is 0. The summed E-state index contributed by atoms with van der Waals surface area (Å²) in [6.45, 7) is 10.2. The molecule has 1 heterocycles. The van der Waals surface area contributed by atoms with Gasteiger partial charge in [0.15, 0.2) is 0 Å². The molecule has 1 N–H and O–H groups in total. The van der Waals surface area contributed by atoms with Gasteiger partial charge in [0, 0.05) is 37.8 Å². The standard InChI is InChI=1S/C16H32N2O/c1-13(2)15-10-17-16(8-6-5-7-9-16)12-18(15)14(3)11-19-4/h13-15,17H,5-12H2,1-4H3. The number of piperazine rings is 1. The predicted molar refractivity (Wildman–Crippen MR) is 80.5 cm³/mol. The Morgan fingerprint density at radius 3 is 2.47 bits per heavy atom. The Labute approximate surface area is 119 Å². The van der Waals surface area contributed by atoms with Gasteiger partial charge in [0.1, 0.15) is 0 Å². The second kappa shape index (κ2) is 6.55. The molecule has 0 aromatic heterocycles. The van der Waals surface area contributed by atoms with Crippen LogP contribution in [-0.2, 0) is 4.74 Å². The summed E-state index contributed by atoms with van der Waals surface area (Å²) < 4.78 is 5.40. The summed E-state index contributed by atoms with van der Waals surface area (Å²) in [5, 5.41) is 3.91. The van der Waals surface area contributed by atoms with Gasteiger partial charge in [-0.25, -0.2) is 0 Å². The smallest absolute Gasteiger partial charge is 0.0615 e. The normalized spacial score (nSPS) is 29.8. The maximum atomic E-state index is 5.40. The van der Waals surface area contributed by atoms with E-state index >= 15 is 0 Å². The Kier molecular flexibility index (Phi) is 5.27. The first-order valence-electron chi connectivity index (χ1n) is 8.08. The van der Waals surface area contributed by atoms with E-state index in [4.69, 9.17) is 4.74 Å². The molecular weight excluding hydrogens is 236 g/mol. The fourth-order valence-electron chi connectivity index (χ4n) is 3.96. The van der Waals surface area contributed by atoms with E-state index in [2.05, 4.69) is 31.0 Å². The van der Waals surface area contributed by atoms with Crippen LogP contribution in [0.2, 0.25) is 0 Å². The van der Waals surface area contributed by atoms with Crippen LogP contribution in [0.5, 0.6) is 0 Å². The second-order valence-corrected chi connectivity index (χ2v) is 7.01. The Morgan fingerprint density at radius 2 is 1.89 bits per heavy atom. The minimum absolute atomic E-state index is 0.394. The first-order valence-corrected chi connectivity index (χ1v) is 8.08. The van der Waals surface area contributed by atoms with Crippen molar-refractivity contribution in [3.63, 3.8) is 0 Å². The topological polar surface area (TPSA) is 24.5 Å². The van der Waals surface area contributed by atoms with Crippen LogP contribution in [0.3, 0.4) is 0 Å². The van der Waals surface area contributed by atoms with Crippen molar-refractivity contribution in [2.45, 2.75) is 70.5 Å². The number of ether oxygens (including phenoxy) is 1. The maximum absolute atomic E-state index is 5.40. The Morgan fingerprint density at radius 1 is 1.21 bits per heavy atom. The van der Waals surface area contributed by atoms with Gasteiger partial charge in [0.2, 0.25) is 0 Å². The molecule has 2 unspecified atom stereocenters. The predicted octanol–water partition coefficient (Wildman–Crippen LogP) is 2.65. The average Bonchev–Trinajstić information content (AvgIpc) is 2.39. The molecule has 0 bridgehead atoms. The molecule has 1 aliphatic heterocycles.